The molecule has 1 unspecified atom stereocenters. The Morgan fingerprint density at radius 3 is 2.82 bits per heavy atom. The average Bonchev–Trinajstić information content (AvgIpc) is 3.04. The van der Waals surface area contributed by atoms with Gasteiger partial charge in [-0.05, 0) is 20.4 Å². The summed E-state index contributed by atoms with van der Waals surface area (Å²) in [6.07, 6.45) is 1.74. The van der Waals surface area contributed by atoms with Crippen molar-refractivity contribution in [2.75, 3.05) is 25.0 Å². The van der Waals surface area contributed by atoms with E-state index in [9.17, 15) is 9.59 Å². The Bertz CT molecular complexity index is 498. The number of carbonyl (C=O) groups is 2. The molecule has 2 rings (SSSR count). The van der Waals surface area contributed by atoms with Gasteiger partial charge in [0.05, 0.1) is 12.1 Å². The number of nitrogens with zero attached hydrogens (tertiary/aromatic N) is 2. The van der Waals surface area contributed by atoms with E-state index in [0.29, 0.717) is 18.1 Å². The standard InChI is InChI=1S/C13H20N4O2S.2ClH/c1-9(14-2)7-15-11(18)6-10-8-20-13(16-10)17-5-3-4-12(17)19;;/h8-9,14H,3-7H2,1-2H3,(H,15,18);2*1H. The van der Waals surface area contributed by atoms with Gasteiger partial charge in [-0.3, -0.25) is 14.5 Å². The van der Waals surface area contributed by atoms with E-state index in [-0.39, 0.29) is 49.1 Å². The number of aromatic nitrogens is 1. The van der Waals surface area contributed by atoms with Crippen molar-refractivity contribution in [3.63, 3.8) is 0 Å². The molecular formula is C13H22Cl2N4O2S. The van der Waals surface area contributed by atoms with Crippen LogP contribution >= 0.6 is 36.2 Å². The molecule has 9 heteroatoms. The quantitative estimate of drug-likeness (QED) is 0.795. The van der Waals surface area contributed by atoms with Gasteiger partial charge in [-0.25, -0.2) is 4.98 Å². The summed E-state index contributed by atoms with van der Waals surface area (Å²) in [6, 6.07) is 0.243. The van der Waals surface area contributed by atoms with Gasteiger partial charge in [0.25, 0.3) is 0 Å². The van der Waals surface area contributed by atoms with E-state index in [1.54, 1.807) is 4.90 Å². The second kappa shape index (κ2) is 9.99. The van der Waals surface area contributed by atoms with Crippen molar-refractivity contribution < 1.29 is 9.59 Å². The van der Waals surface area contributed by atoms with Crippen LogP contribution in [0.25, 0.3) is 0 Å². The predicted molar refractivity (Wildman–Crippen MR) is 93.4 cm³/mol. The maximum absolute atomic E-state index is 11.8. The molecule has 1 fully saturated rings. The summed E-state index contributed by atoms with van der Waals surface area (Å²) >= 11 is 1.42. The number of thiazole rings is 1. The maximum atomic E-state index is 11.8. The van der Waals surface area contributed by atoms with E-state index >= 15 is 0 Å². The summed E-state index contributed by atoms with van der Waals surface area (Å²) in [6.45, 7) is 3.33. The number of anilines is 1. The van der Waals surface area contributed by atoms with Crippen molar-refractivity contribution in [2.24, 2.45) is 0 Å². The van der Waals surface area contributed by atoms with Crippen LogP contribution in [0.15, 0.2) is 5.38 Å². The van der Waals surface area contributed by atoms with Crippen LogP contribution in [-0.2, 0) is 16.0 Å². The summed E-state index contributed by atoms with van der Waals surface area (Å²) in [4.78, 5) is 29.5. The van der Waals surface area contributed by atoms with E-state index < -0.39 is 0 Å². The normalized spacial score (nSPS) is 15.0. The number of halogens is 2. The zero-order valence-electron chi connectivity index (χ0n) is 12.6. The molecule has 2 heterocycles. The van der Waals surface area contributed by atoms with Crippen LogP contribution in [0.5, 0.6) is 0 Å². The third-order valence-corrected chi connectivity index (χ3v) is 4.20. The van der Waals surface area contributed by atoms with E-state index in [2.05, 4.69) is 15.6 Å². The van der Waals surface area contributed by atoms with Crippen LogP contribution in [0.3, 0.4) is 0 Å². The first kappa shape index (κ1) is 21.1. The second-order valence-electron chi connectivity index (χ2n) is 4.94. The van der Waals surface area contributed by atoms with Crippen molar-refractivity contribution >= 4 is 53.1 Å². The zero-order chi connectivity index (χ0) is 14.5. The average molecular weight is 369 g/mol. The molecule has 0 saturated carbocycles. The minimum absolute atomic E-state index is 0. The van der Waals surface area contributed by atoms with E-state index in [1.165, 1.54) is 11.3 Å². The van der Waals surface area contributed by atoms with Crippen molar-refractivity contribution in [1.29, 1.82) is 0 Å². The van der Waals surface area contributed by atoms with Crippen molar-refractivity contribution in [3.05, 3.63) is 11.1 Å². The summed E-state index contributed by atoms with van der Waals surface area (Å²) in [5, 5.41) is 8.47. The zero-order valence-corrected chi connectivity index (χ0v) is 15.1. The first-order chi connectivity index (χ1) is 9.60. The predicted octanol–water partition coefficient (Wildman–Crippen LogP) is 1.38. The van der Waals surface area contributed by atoms with E-state index in [0.717, 1.165) is 18.7 Å². The highest BCUT2D eigenvalue weighted by molar-refractivity contribution is 7.14. The number of carbonyl (C=O) groups excluding carboxylic acids is 2. The van der Waals surface area contributed by atoms with Crippen molar-refractivity contribution in [1.82, 2.24) is 15.6 Å². The fourth-order valence-electron chi connectivity index (χ4n) is 1.95. The van der Waals surface area contributed by atoms with E-state index in [4.69, 9.17) is 0 Å². The van der Waals surface area contributed by atoms with Gasteiger partial charge in [-0.2, -0.15) is 0 Å². The number of hydrogen-bond donors (Lipinski definition) is 2. The molecule has 0 aromatic carbocycles. The van der Waals surface area contributed by atoms with Gasteiger partial charge in [-0.1, -0.05) is 0 Å². The van der Waals surface area contributed by atoms with Gasteiger partial charge in [0.1, 0.15) is 0 Å². The molecule has 126 valence electrons. The molecule has 0 radical (unpaired) electrons. The smallest absolute Gasteiger partial charge is 0.228 e. The minimum Gasteiger partial charge on any atom is -0.354 e. The van der Waals surface area contributed by atoms with Gasteiger partial charge in [-0.15, -0.1) is 36.2 Å². The number of hydrogen-bond acceptors (Lipinski definition) is 5. The van der Waals surface area contributed by atoms with Crippen molar-refractivity contribution in [3.8, 4) is 0 Å². The Balaban J connectivity index is 0.00000220. The molecular weight excluding hydrogens is 347 g/mol. The molecule has 0 bridgehead atoms. The summed E-state index contributed by atoms with van der Waals surface area (Å²) in [5.74, 6) is 0.0786. The Morgan fingerprint density at radius 1 is 1.50 bits per heavy atom. The van der Waals surface area contributed by atoms with Crippen LogP contribution in [-0.4, -0.2) is 43.0 Å². The molecule has 1 aromatic heterocycles. The highest BCUT2D eigenvalue weighted by atomic mass is 35.5. The molecule has 2 N–H and O–H groups in total. The molecule has 22 heavy (non-hydrogen) atoms. The highest BCUT2D eigenvalue weighted by Crippen LogP contribution is 2.25. The lowest BCUT2D eigenvalue weighted by Crippen LogP contribution is -2.37. The van der Waals surface area contributed by atoms with Gasteiger partial charge < -0.3 is 10.6 Å². The number of likely N-dealkylation sites (N-methyl/N-ethyl adjacent to an activating group) is 1. The second-order valence-corrected chi connectivity index (χ2v) is 5.78. The minimum atomic E-state index is -0.0447. The highest BCUT2D eigenvalue weighted by Gasteiger charge is 2.24. The summed E-state index contributed by atoms with van der Waals surface area (Å²) in [5.41, 5.74) is 0.722. The molecule has 1 aromatic rings. The van der Waals surface area contributed by atoms with Crippen LogP contribution in [0.4, 0.5) is 5.13 Å². The van der Waals surface area contributed by atoms with Crippen LogP contribution < -0.4 is 15.5 Å². The Morgan fingerprint density at radius 2 is 2.23 bits per heavy atom. The number of amides is 2. The van der Waals surface area contributed by atoms with Crippen LogP contribution in [0, 0.1) is 0 Å². The molecule has 1 aliphatic heterocycles. The van der Waals surface area contributed by atoms with E-state index in [1.807, 2.05) is 19.4 Å². The van der Waals surface area contributed by atoms with Gasteiger partial charge in [0.2, 0.25) is 11.8 Å². The Kier molecular flexibility index (Phi) is 9.59. The van der Waals surface area contributed by atoms with Gasteiger partial charge >= 0.3 is 0 Å². The SMILES string of the molecule is CNC(C)CNC(=O)Cc1csc(N2CCCC2=O)n1.Cl.Cl. The lowest BCUT2D eigenvalue weighted by atomic mass is 10.3. The molecule has 6 nitrogen and oxygen atoms in total. The number of nitrogens with one attached hydrogen (secondary N) is 2. The lowest BCUT2D eigenvalue weighted by molar-refractivity contribution is -0.120. The van der Waals surface area contributed by atoms with Gasteiger partial charge in [0.15, 0.2) is 5.13 Å². The molecule has 2 amide bonds. The molecule has 0 spiro atoms. The summed E-state index contributed by atoms with van der Waals surface area (Å²) in [7, 11) is 1.86. The Hall–Kier alpha value is -0.890. The van der Waals surface area contributed by atoms with Crippen LogP contribution in [0.2, 0.25) is 0 Å². The molecule has 1 atom stereocenters. The maximum Gasteiger partial charge on any atom is 0.228 e. The lowest BCUT2D eigenvalue weighted by Gasteiger charge is -2.11. The molecule has 0 aliphatic carbocycles. The molecule has 1 aliphatic rings. The third-order valence-electron chi connectivity index (χ3n) is 3.28. The Labute approximate surface area is 146 Å². The first-order valence-electron chi connectivity index (χ1n) is 6.79. The van der Waals surface area contributed by atoms with Crippen LogP contribution in [0.1, 0.15) is 25.5 Å². The fraction of sp³-hybridized carbons (Fsp3) is 0.615. The van der Waals surface area contributed by atoms with Crippen molar-refractivity contribution in [2.45, 2.75) is 32.2 Å². The number of rotatable bonds is 6. The fourth-order valence-corrected chi connectivity index (χ4v) is 2.82. The monoisotopic (exact) mass is 368 g/mol. The molecule has 1 saturated heterocycles. The largest absolute Gasteiger partial charge is 0.354 e. The topological polar surface area (TPSA) is 74.3 Å². The summed E-state index contributed by atoms with van der Waals surface area (Å²) < 4.78 is 0. The van der Waals surface area contributed by atoms with Gasteiger partial charge in [0, 0.05) is 30.9 Å². The first-order valence-corrected chi connectivity index (χ1v) is 7.67. The third kappa shape index (κ3) is 5.72.